The fourth-order valence-electron chi connectivity index (χ4n) is 1.55. The molecule has 100 valence electrons. The van der Waals surface area contributed by atoms with Gasteiger partial charge in [0.1, 0.15) is 12.4 Å². The largest absolute Gasteiger partial charge is 0.491 e. The van der Waals surface area contributed by atoms with Crippen molar-refractivity contribution >= 4 is 17.4 Å². The van der Waals surface area contributed by atoms with Crippen molar-refractivity contribution in [3.05, 3.63) is 47.4 Å². The first-order valence-corrected chi connectivity index (χ1v) is 6.45. The van der Waals surface area contributed by atoms with Crippen LogP contribution >= 0.6 is 11.6 Å². The predicted octanol–water partition coefficient (Wildman–Crippen LogP) is 3.32. The van der Waals surface area contributed by atoms with E-state index in [4.69, 9.17) is 16.3 Å². The monoisotopic (exact) mass is 277 g/mol. The summed E-state index contributed by atoms with van der Waals surface area (Å²) in [5, 5.41) is 3.53. The zero-order valence-electron chi connectivity index (χ0n) is 10.9. The van der Waals surface area contributed by atoms with Crippen molar-refractivity contribution in [2.45, 2.75) is 19.9 Å². The Balaban J connectivity index is 1.86. The molecule has 0 fully saturated rings. The predicted molar refractivity (Wildman–Crippen MR) is 76.8 cm³/mol. The molecule has 0 saturated carbocycles. The molecule has 2 rings (SSSR count). The van der Waals surface area contributed by atoms with Gasteiger partial charge in [0.05, 0.1) is 6.04 Å². The second-order valence-electron chi connectivity index (χ2n) is 4.37. The molecule has 0 bridgehead atoms. The standard InChI is InChI=1S/C14H16ClN3O/c1-10-3-5-12(6-4-10)19-9-11(2)18-14-13(15)16-7-8-17-14/h3-8,11H,9H2,1-2H3,(H,17,18). The third kappa shape index (κ3) is 4.10. The first-order valence-electron chi connectivity index (χ1n) is 6.07. The quantitative estimate of drug-likeness (QED) is 0.911. The van der Waals surface area contributed by atoms with Crippen molar-refractivity contribution in [1.29, 1.82) is 0 Å². The third-order valence-electron chi connectivity index (χ3n) is 2.56. The Labute approximate surface area is 117 Å². The second kappa shape index (κ2) is 6.38. The number of anilines is 1. The van der Waals surface area contributed by atoms with Crippen molar-refractivity contribution in [2.75, 3.05) is 11.9 Å². The molecule has 0 aliphatic carbocycles. The van der Waals surface area contributed by atoms with E-state index in [-0.39, 0.29) is 6.04 Å². The summed E-state index contributed by atoms with van der Waals surface area (Å²) in [5.41, 5.74) is 1.21. The number of benzene rings is 1. The summed E-state index contributed by atoms with van der Waals surface area (Å²) >= 11 is 5.93. The van der Waals surface area contributed by atoms with E-state index >= 15 is 0 Å². The van der Waals surface area contributed by atoms with Crippen LogP contribution in [0.15, 0.2) is 36.7 Å². The number of nitrogens with zero attached hydrogens (tertiary/aromatic N) is 2. The van der Waals surface area contributed by atoms with Gasteiger partial charge in [-0.05, 0) is 26.0 Å². The van der Waals surface area contributed by atoms with E-state index in [1.165, 1.54) is 5.56 Å². The van der Waals surface area contributed by atoms with Crippen LogP contribution in [0, 0.1) is 6.92 Å². The lowest BCUT2D eigenvalue weighted by molar-refractivity contribution is 0.303. The van der Waals surface area contributed by atoms with Crippen LogP contribution in [0.1, 0.15) is 12.5 Å². The van der Waals surface area contributed by atoms with Crippen molar-refractivity contribution in [1.82, 2.24) is 9.97 Å². The Kier molecular flexibility index (Phi) is 4.58. The third-order valence-corrected chi connectivity index (χ3v) is 2.83. The van der Waals surface area contributed by atoms with Crippen LogP contribution in [0.2, 0.25) is 5.15 Å². The lowest BCUT2D eigenvalue weighted by Crippen LogP contribution is -2.24. The normalized spacial score (nSPS) is 11.9. The van der Waals surface area contributed by atoms with E-state index in [2.05, 4.69) is 15.3 Å². The average molecular weight is 278 g/mol. The minimum atomic E-state index is 0.0792. The molecule has 0 aliphatic heterocycles. The average Bonchev–Trinajstić information content (AvgIpc) is 2.41. The molecule has 2 aromatic rings. The molecule has 4 nitrogen and oxygen atoms in total. The molecule has 1 aromatic carbocycles. The first kappa shape index (κ1) is 13.6. The second-order valence-corrected chi connectivity index (χ2v) is 4.72. The minimum Gasteiger partial charge on any atom is -0.491 e. The zero-order valence-corrected chi connectivity index (χ0v) is 11.7. The molecule has 0 aliphatic rings. The summed E-state index contributed by atoms with van der Waals surface area (Å²) in [6, 6.07) is 8.03. The SMILES string of the molecule is Cc1ccc(OCC(C)Nc2nccnc2Cl)cc1. The van der Waals surface area contributed by atoms with Gasteiger partial charge >= 0.3 is 0 Å². The highest BCUT2D eigenvalue weighted by atomic mass is 35.5. The molecule has 1 aromatic heterocycles. The number of aromatic nitrogens is 2. The van der Waals surface area contributed by atoms with Crippen LogP contribution in [0.3, 0.4) is 0 Å². The van der Waals surface area contributed by atoms with Gasteiger partial charge in [-0.1, -0.05) is 29.3 Å². The summed E-state index contributed by atoms with van der Waals surface area (Å²) < 4.78 is 5.68. The fraction of sp³-hybridized carbons (Fsp3) is 0.286. The maximum Gasteiger partial charge on any atom is 0.171 e. The summed E-state index contributed by atoms with van der Waals surface area (Å²) in [5.74, 6) is 1.42. The van der Waals surface area contributed by atoms with Gasteiger partial charge in [0.25, 0.3) is 0 Å². The van der Waals surface area contributed by atoms with E-state index in [9.17, 15) is 0 Å². The molecule has 0 amide bonds. The maximum absolute atomic E-state index is 5.93. The van der Waals surface area contributed by atoms with E-state index in [0.29, 0.717) is 17.6 Å². The Morgan fingerprint density at radius 1 is 1.21 bits per heavy atom. The van der Waals surface area contributed by atoms with Crippen molar-refractivity contribution in [2.24, 2.45) is 0 Å². The fourth-order valence-corrected chi connectivity index (χ4v) is 1.71. The number of rotatable bonds is 5. The van der Waals surface area contributed by atoms with Crippen LogP contribution in [-0.4, -0.2) is 22.6 Å². The number of ether oxygens (including phenoxy) is 1. The van der Waals surface area contributed by atoms with E-state index in [1.54, 1.807) is 12.4 Å². The molecule has 5 heteroatoms. The summed E-state index contributed by atoms with van der Waals surface area (Å²) in [6.45, 7) is 4.57. The lowest BCUT2D eigenvalue weighted by Gasteiger charge is -2.15. The summed E-state index contributed by atoms with van der Waals surface area (Å²) in [7, 11) is 0. The number of halogens is 1. The van der Waals surface area contributed by atoms with Crippen LogP contribution in [0.4, 0.5) is 5.82 Å². The highest BCUT2D eigenvalue weighted by Gasteiger charge is 2.07. The smallest absolute Gasteiger partial charge is 0.171 e. The molecule has 1 atom stereocenters. The number of hydrogen-bond acceptors (Lipinski definition) is 4. The number of aryl methyl sites for hydroxylation is 1. The Bertz CT molecular complexity index is 530. The van der Waals surface area contributed by atoms with Gasteiger partial charge in [-0.3, -0.25) is 0 Å². The van der Waals surface area contributed by atoms with E-state index < -0.39 is 0 Å². The van der Waals surface area contributed by atoms with Gasteiger partial charge in [0.2, 0.25) is 0 Å². The molecule has 19 heavy (non-hydrogen) atoms. The topological polar surface area (TPSA) is 47.0 Å². The van der Waals surface area contributed by atoms with Gasteiger partial charge in [0.15, 0.2) is 11.0 Å². The molecular weight excluding hydrogens is 262 g/mol. The molecule has 1 N–H and O–H groups in total. The lowest BCUT2D eigenvalue weighted by atomic mass is 10.2. The van der Waals surface area contributed by atoms with E-state index in [1.807, 2.05) is 38.1 Å². The van der Waals surface area contributed by atoms with Gasteiger partial charge in [0, 0.05) is 12.4 Å². The van der Waals surface area contributed by atoms with Crippen LogP contribution in [-0.2, 0) is 0 Å². The van der Waals surface area contributed by atoms with Gasteiger partial charge in [-0.15, -0.1) is 0 Å². The Morgan fingerprint density at radius 3 is 2.58 bits per heavy atom. The Hall–Kier alpha value is -1.81. The summed E-state index contributed by atoms with van der Waals surface area (Å²) in [6.07, 6.45) is 3.16. The van der Waals surface area contributed by atoms with Crippen LogP contribution in [0.5, 0.6) is 5.75 Å². The highest BCUT2D eigenvalue weighted by molar-refractivity contribution is 6.31. The van der Waals surface area contributed by atoms with Gasteiger partial charge in [-0.25, -0.2) is 9.97 Å². The molecule has 1 heterocycles. The maximum atomic E-state index is 5.93. The highest BCUT2D eigenvalue weighted by Crippen LogP contribution is 2.16. The molecule has 0 radical (unpaired) electrons. The van der Waals surface area contributed by atoms with Crippen molar-refractivity contribution in [3.63, 3.8) is 0 Å². The van der Waals surface area contributed by atoms with Gasteiger partial charge in [-0.2, -0.15) is 0 Å². The van der Waals surface area contributed by atoms with Crippen LogP contribution in [0.25, 0.3) is 0 Å². The van der Waals surface area contributed by atoms with Crippen LogP contribution < -0.4 is 10.1 Å². The molecule has 0 saturated heterocycles. The first-order chi connectivity index (χ1) is 9.15. The number of nitrogens with one attached hydrogen (secondary N) is 1. The van der Waals surface area contributed by atoms with Crippen molar-refractivity contribution in [3.8, 4) is 5.75 Å². The zero-order chi connectivity index (χ0) is 13.7. The van der Waals surface area contributed by atoms with Gasteiger partial charge < -0.3 is 10.1 Å². The van der Waals surface area contributed by atoms with Crippen molar-refractivity contribution < 1.29 is 4.74 Å². The molecular formula is C14H16ClN3O. The summed E-state index contributed by atoms with van der Waals surface area (Å²) in [4.78, 5) is 8.08. The Morgan fingerprint density at radius 2 is 1.89 bits per heavy atom. The van der Waals surface area contributed by atoms with E-state index in [0.717, 1.165) is 5.75 Å². The minimum absolute atomic E-state index is 0.0792. The molecule has 0 spiro atoms. The number of hydrogen-bond donors (Lipinski definition) is 1. The molecule has 1 unspecified atom stereocenters.